The van der Waals surface area contributed by atoms with E-state index in [9.17, 15) is 4.53 Å². The molecule has 0 radical (unpaired) electrons. The number of benzene rings is 1. The average molecular weight is 282 g/mol. The molecule has 0 heterocycles. The first-order valence-corrected chi connectivity index (χ1v) is 4.01. The van der Waals surface area contributed by atoms with Gasteiger partial charge in [0.15, 0.2) is 0 Å². The van der Waals surface area contributed by atoms with Crippen LogP contribution in [-0.2, 0) is 7.84 Å². The fourth-order valence-electron chi connectivity index (χ4n) is 0.660. The maximum absolute atomic E-state index is 11.6. The molecule has 1 aromatic carbocycles. The Bertz CT molecular complexity index is 219. The summed E-state index contributed by atoms with van der Waals surface area (Å²) >= 11 is 1.49. The lowest BCUT2D eigenvalue weighted by molar-refractivity contribution is -0.0452. The first-order chi connectivity index (χ1) is 5.86. The highest BCUT2D eigenvalue weighted by molar-refractivity contribution is 14.1. The van der Waals surface area contributed by atoms with Gasteiger partial charge in [-0.3, -0.25) is 0 Å². The third kappa shape index (κ3) is 2.96. The van der Waals surface area contributed by atoms with Crippen LogP contribution >= 0.6 is 23.0 Å². The molecule has 3 nitrogen and oxygen atoms in total. The van der Waals surface area contributed by atoms with Crippen LogP contribution in [0.1, 0.15) is 0 Å². The maximum atomic E-state index is 11.6. The van der Waals surface area contributed by atoms with Crippen molar-refractivity contribution in [2.45, 2.75) is 0 Å². The monoisotopic (exact) mass is 282 g/mol. The van der Waals surface area contributed by atoms with Gasteiger partial charge in [-0.1, -0.05) is 22.7 Å². The molecule has 0 N–H and O–H groups in total. The molecule has 0 atom stereocenters. The zero-order valence-corrected chi connectivity index (χ0v) is 8.10. The Morgan fingerprint density at radius 2 is 1.92 bits per heavy atom. The van der Waals surface area contributed by atoms with Crippen molar-refractivity contribution < 1.29 is 17.0 Å². The first-order valence-electron chi connectivity index (χ1n) is 3.13. The van der Waals surface area contributed by atoms with Crippen LogP contribution in [0.15, 0.2) is 30.3 Å². The fourth-order valence-corrected chi connectivity index (χ4v) is 0.843. The maximum Gasteiger partial charge on any atom is 0.755 e. The van der Waals surface area contributed by atoms with Gasteiger partial charge in [0.25, 0.3) is 0 Å². The molecule has 0 saturated carbocycles. The van der Waals surface area contributed by atoms with Crippen molar-refractivity contribution >= 4 is 30.3 Å². The molecule has 1 rings (SSSR count). The number of hydrogen-bond donors (Lipinski definition) is 0. The van der Waals surface area contributed by atoms with Crippen LogP contribution in [0.2, 0.25) is 0 Å². The molecular formula is C6H5BFIO3. The van der Waals surface area contributed by atoms with Gasteiger partial charge in [-0.15, -0.1) is 0 Å². The van der Waals surface area contributed by atoms with E-state index in [2.05, 4.69) is 7.84 Å². The van der Waals surface area contributed by atoms with Crippen LogP contribution in [0.25, 0.3) is 0 Å². The van der Waals surface area contributed by atoms with Gasteiger partial charge in [0.1, 0.15) is 5.75 Å². The second-order valence-electron chi connectivity index (χ2n) is 1.90. The van der Waals surface area contributed by atoms with Crippen LogP contribution in [0.5, 0.6) is 5.75 Å². The third-order valence-electron chi connectivity index (χ3n) is 1.12. The van der Waals surface area contributed by atoms with Crippen molar-refractivity contribution in [3.8, 4) is 5.75 Å². The van der Waals surface area contributed by atoms with E-state index >= 15 is 0 Å². The van der Waals surface area contributed by atoms with E-state index in [1.165, 1.54) is 23.0 Å². The Kier molecular flexibility index (Phi) is 4.34. The predicted molar refractivity (Wildman–Crippen MR) is 50.1 cm³/mol. The highest BCUT2D eigenvalue weighted by atomic mass is 127. The van der Waals surface area contributed by atoms with Crippen molar-refractivity contribution in [1.29, 1.82) is 0 Å². The molecule has 0 unspecified atom stereocenters. The molecule has 1 aromatic rings. The number of halogens is 2. The number of rotatable bonds is 4. The smallest absolute Gasteiger partial charge is 0.510 e. The summed E-state index contributed by atoms with van der Waals surface area (Å²) in [7, 11) is -1.31. The van der Waals surface area contributed by atoms with Gasteiger partial charge in [0.2, 0.25) is 0 Å². The summed E-state index contributed by atoms with van der Waals surface area (Å²) in [5.41, 5.74) is 0. The molecule has 0 bridgehead atoms. The second-order valence-corrected chi connectivity index (χ2v) is 2.41. The van der Waals surface area contributed by atoms with Crippen molar-refractivity contribution in [3.63, 3.8) is 0 Å². The Morgan fingerprint density at radius 1 is 1.25 bits per heavy atom. The predicted octanol–water partition coefficient (Wildman–Crippen LogP) is 2.32. The van der Waals surface area contributed by atoms with Gasteiger partial charge < -0.3 is 7.64 Å². The van der Waals surface area contributed by atoms with Crippen LogP contribution < -0.4 is 4.65 Å². The largest absolute Gasteiger partial charge is 0.755 e. The molecule has 6 heteroatoms. The van der Waals surface area contributed by atoms with E-state index in [0.717, 1.165) is 0 Å². The molecule has 64 valence electrons. The highest BCUT2D eigenvalue weighted by Gasteiger charge is 2.24. The summed E-state index contributed by atoms with van der Waals surface area (Å²) in [6.45, 7) is 0. The Morgan fingerprint density at radius 3 is 2.42 bits per heavy atom. The van der Waals surface area contributed by atoms with Crippen molar-refractivity contribution in [3.05, 3.63) is 30.3 Å². The number of para-hydroxylation sites is 1. The molecule has 0 spiro atoms. The SMILES string of the molecule is FOB(OI)Oc1ccccc1. The Hall–Kier alpha value is -0.335. The third-order valence-corrected chi connectivity index (χ3v) is 1.54. The zero-order valence-electron chi connectivity index (χ0n) is 5.94. The summed E-state index contributed by atoms with van der Waals surface area (Å²) in [6, 6.07) is 8.68. The lowest BCUT2D eigenvalue weighted by atomic mass is 10.2. The zero-order chi connectivity index (χ0) is 8.81. The summed E-state index contributed by atoms with van der Waals surface area (Å²) < 4.78 is 20.9. The van der Waals surface area contributed by atoms with Crippen molar-refractivity contribution in [1.82, 2.24) is 0 Å². The molecule has 0 saturated heterocycles. The normalized spacial score (nSPS) is 9.50. The van der Waals surface area contributed by atoms with E-state index in [-0.39, 0.29) is 0 Å². The molecule has 0 amide bonds. The molecule has 0 aliphatic heterocycles. The van der Waals surface area contributed by atoms with Gasteiger partial charge in [-0.25, -0.2) is 0 Å². The number of hydrogen-bond acceptors (Lipinski definition) is 3. The minimum Gasteiger partial charge on any atom is -0.510 e. The van der Waals surface area contributed by atoms with E-state index < -0.39 is 7.32 Å². The Labute approximate surface area is 83.6 Å². The summed E-state index contributed by atoms with van der Waals surface area (Å²) in [6.07, 6.45) is 0. The molecule has 0 fully saturated rings. The lowest BCUT2D eigenvalue weighted by Crippen LogP contribution is -2.23. The minimum atomic E-state index is -1.31. The van der Waals surface area contributed by atoms with Crippen molar-refractivity contribution in [2.75, 3.05) is 0 Å². The summed E-state index contributed by atoms with van der Waals surface area (Å²) in [5, 5.41) is 0. The van der Waals surface area contributed by atoms with Crippen LogP contribution in [-0.4, -0.2) is 7.32 Å². The van der Waals surface area contributed by atoms with Crippen molar-refractivity contribution in [2.24, 2.45) is 0 Å². The van der Waals surface area contributed by atoms with Crippen LogP contribution in [0.4, 0.5) is 4.53 Å². The summed E-state index contributed by atoms with van der Waals surface area (Å²) in [4.78, 5) is 3.35. The Balaban J connectivity index is 2.51. The molecule has 0 aliphatic rings. The highest BCUT2D eigenvalue weighted by Crippen LogP contribution is 2.11. The second kappa shape index (κ2) is 5.34. The quantitative estimate of drug-likeness (QED) is 0.626. The minimum absolute atomic E-state index is 0.483. The standard InChI is InChI=1S/C6H5BFIO3/c8-11-7(12-9)10-6-4-2-1-3-5-6/h1-5H. The average Bonchev–Trinajstić information content (AvgIpc) is 2.16. The van der Waals surface area contributed by atoms with Gasteiger partial charge in [0, 0.05) is 0 Å². The molecule has 0 aliphatic carbocycles. The first kappa shape index (κ1) is 9.75. The van der Waals surface area contributed by atoms with Gasteiger partial charge >= 0.3 is 7.32 Å². The fraction of sp³-hybridized carbons (Fsp3) is 0. The van der Waals surface area contributed by atoms with Gasteiger partial charge in [0.05, 0.1) is 23.0 Å². The molecule has 0 aromatic heterocycles. The van der Waals surface area contributed by atoms with E-state index in [1.807, 2.05) is 6.07 Å². The van der Waals surface area contributed by atoms with Crippen LogP contribution in [0.3, 0.4) is 0 Å². The lowest BCUT2D eigenvalue weighted by Gasteiger charge is -2.05. The van der Waals surface area contributed by atoms with E-state index in [4.69, 9.17) is 4.65 Å². The van der Waals surface area contributed by atoms with E-state index in [0.29, 0.717) is 5.75 Å². The molecular weight excluding hydrogens is 277 g/mol. The van der Waals surface area contributed by atoms with E-state index in [1.54, 1.807) is 24.3 Å². The molecule has 12 heavy (non-hydrogen) atoms. The summed E-state index contributed by atoms with van der Waals surface area (Å²) in [5.74, 6) is 0.483. The van der Waals surface area contributed by atoms with Gasteiger partial charge in [-0.2, -0.15) is 4.86 Å². The topological polar surface area (TPSA) is 27.7 Å². The van der Waals surface area contributed by atoms with Crippen LogP contribution in [0, 0.1) is 0 Å². The van der Waals surface area contributed by atoms with Gasteiger partial charge in [-0.05, 0) is 12.1 Å².